The third kappa shape index (κ3) is 4.53. The first-order valence-electron chi connectivity index (χ1n) is 11.5. The van der Waals surface area contributed by atoms with Crippen molar-refractivity contribution >= 4 is 5.78 Å². The van der Waals surface area contributed by atoms with Crippen LogP contribution in [0, 0.1) is 5.82 Å². The second-order valence-corrected chi connectivity index (χ2v) is 9.00. The van der Waals surface area contributed by atoms with E-state index in [1.807, 2.05) is 60.1 Å². The van der Waals surface area contributed by atoms with Crippen LogP contribution in [0.5, 0.6) is 0 Å². The molecule has 0 fully saturated rings. The van der Waals surface area contributed by atoms with Crippen LogP contribution in [-0.2, 0) is 19.6 Å². The zero-order valence-electron chi connectivity index (χ0n) is 19.8. The molecule has 0 aliphatic carbocycles. The smallest absolute Gasteiger partial charge is 0.183 e. The fourth-order valence-electron chi connectivity index (χ4n) is 4.55. The lowest BCUT2D eigenvalue weighted by Gasteiger charge is -2.18. The lowest BCUT2D eigenvalue weighted by atomic mass is 10.00. The summed E-state index contributed by atoms with van der Waals surface area (Å²) in [6, 6.07) is 12.4. The Labute approximate surface area is 203 Å². The standard InChI is InChI=1S/C26H28FN7O/c1-32(2)15-25-29-8-9-33(25)19-6-7-20(21(27)11-19)22-12-24(35)26-23(14-30-22)31-16-34(26)18-5-3-4-17(10-18)13-28/h3-11,16,22,30H,12-15,28H2,1-2H3. The minimum Gasteiger partial charge on any atom is -0.326 e. The Hall–Kier alpha value is -3.66. The van der Waals surface area contributed by atoms with Gasteiger partial charge in [0.15, 0.2) is 5.78 Å². The van der Waals surface area contributed by atoms with E-state index in [9.17, 15) is 4.79 Å². The summed E-state index contributed by atoms with van der Waals surface area (Å²) in [5, 5.41) is 3.32. The van der Waals surface area contributed by atoms with E-state index < -0.39 is 6.04 Å². The molecule has 4 aromatic rings. The van der Waals surface area contributed by atoms with Crippen molar-refractivity contribution in [1.29, 1.82) is 0 Å². The van der Waals surface area contributed by atoms with Gasteiger partial charge in [-0.2, -0.15) is 0 Å². The van der Waals surface area contributed by atoms with Crippen molar-refractivity contribution in [1.82, 2.24) is 29.3 Å². The third-order valence-electron chi connectivity index (χ3n) is 6.25. The zero-order chi connectivity index (χ0) is 24.5. The third-order valence-corrected chi connectivity index (χ3v) is 6.25. The molecule has 180 valence electrons. The Kier molecular flexibility index (Phi) is 6.29. The number of halogens is 1. The number of carbonyl (C=O) groups excluding carboxylic acids is 1. The average molecular weight is 474 g/mol. The number of rotatable bonds is 6. The van der Waals surface area contributed by atoms with Gasteiger partial charge in [0.1, 0.15) is 23.7 Å². The van der Waals surface area contributed by atoms with Gasteiger partial charge in [0.25, 0.3) is 0 Å². The fourth-order valence-corrected chi connectivity index (χ4v) is 4.55. The van der Waals surface area contributed by atoms with E-state index in [2.05, 4.69) is 15.3 Å². The summed E-state index contributed by atoms with van der Waals surface area (Å²) < 4.78 is 19.0. The molecule has 0 amide bonds. The Bertz CT molecular complexity index is 1370. The second kappa shape index (κ2) is 9.53. The maximum Gasteiger partial charge on any atom is 0.183 e. The number of ketones is 1. The first kappa shape index (κ1) is 23.1. The van der Waals surface area contributed by atoms with Crippen LogP contribution in [0.25, 0.3) is 11.4 Å². The minimum atomic E-state index is -0.460. The van der Waals surface area contributed by atoms with Gasteiger partial charge < -0.3 is 20.5 Å². The molecule has 1 atom stereocenters. The largest absolute Gasteiger partial charge is 0.326 e. The molecular formula is C26H28FN7O. The molecule has 0 spiro atoms. The Morgan fingerprint density at radius 3 is 2.74 bits per heavy atom. The second-order valence-electron chi connectivity index (χ2n) is 9.00. The predicted molar refractivity (Wildman–Crippen MR) is 131 cm³/mol. The number of imidazole rings is 2. The number of nitrogens with one attached hydrogen (secondary N) is 1. The molecule has 2 aromatic carbocycles. The number of fused-ring (bicyclic) bond motifs is 1. The summed E-state index contributed by atoms with van der Waals surface area (Å²) in [6.45, 7) is 1.41. The number of hydrogen-bond donors (Lipinski definition) is 2. The predicted octanol–water partition coefficient (Wildman–Crippen LogP) is 3.13. The molecule has 1 aliphatic heterocycles. The fraction of sp³-hybridized carbons (Fsp3) is 0.269. The lowest BCUT2D eigenvalue weighted by Crippen LogP contribution is -2.22. The molecular weight excluding hydrogens is 445 g/mol. The maximum atomic E-state index is 15.3. The van der Waals surface area contributed by atoms with Gasteiger partial charge in [-0.3, -0.25) is 9.36 Å². The monoisotopic (exact) mass is 473 g/mol. The molecule has 0 saturated heterocycles. The average Bonchev–Trinajstić information content (AvgIpc) is 3.45. The van der Waals surface area contributed by atoms with Crippen LogP contribution in [0.4, 0.5) is 4.39 Å². The summed E-state index contributed by atoms with van der Waals surface area (Å²) >= 11 is 0. The molecule has 1 unspecified atom stereocenters. The van der Waals surface area contributed by atoms with Crippen molar-refractivity contribution in [3.63, 3.8) is 0 Å². The van der Waals surface area contributed by atoms with Crippen molar-refractivity contribution in [2.45, 2.75) is 32.1 Å². The van der Waals surface area contributed by atoms with Gasteiger partial charge in [0.05, 0.1) is 12.2 Å². The molecule has 1 aliphatic rings. The normalized spacial score (nSPS) is 15.9. The number of Topliss-reactive ketones (excluding diaryl/α,β-unsaturated/α-hetero) is 1. The molecule has 3 heterocycles. The molecule has 35 heavy (non-hydrogen) atoms. The van der Waals surface area contributed by atoms with E-state index >= 15 is 4.39 Å². The summed E-state index contributed by atoms with van der Waals surface area (Å²) in [6.07, 6.45) is 5.31. The lowest BCUT2D eigenvalue weighted by molar-refractivity contribution is 0.0966. The van der Waals surface area contributed by atoms with Crippen LogP contribution in [0.1, 0.15) is 45.6 Å². The van der Waals surface area contributed by atoms with Crippen LogP contribution in [0.3, 0.4) is 0 Å². The molecule has 9 heteroatoms. The molecule has 0 bridgehead atoms. The first-order chi connectivity index (χ1) is 16.9. The van der Waals surface area contributed by atoms with E-state index in [4.69, 9.17) is 5.73 Å². The number of aromatic nitrogens is 4. The van der Waals surface area contributed by atoms with Crippen molar-refractivity contribution in [2.75, 3.05) is 14.1 Å². The number of nitrogens with two attached hydrogens (primary N) is 1. The van der Waals surface area contributed by atoms with Crippen LogP contribution in [-0.4, -0.2) is 43.9 Å². The topological polar surface area (TPSA) is 94.0 Å². The van der Waals surface area contributed by atoms with Gasteiger partial charge in [-0.25, -0.2) is 14.4 Å². The highest BCUT2D eigenvalue weighted by Gasteiger charge is 2.29. The van der Waals surface area contributed by atoms with E-state index in [0.29, 0.717) is 42.3 Å². The number of carbonyl (C=O) groups is 1. The minimum absolute atomic E-state index is 0.0861. The van der Waals surface area contributed by atoms with E-state index in [-0.39, 0.29) is 18.0 Å². The van der Waals surface area contributed by atoms with E-state index in [1.54, 1.807) is 23.2 Å². The Morgan fingerprint density at radius 2 is 1.97 bits per heavy atom. The molecule has 8 nitrogen and oxygen atoms in total. The van der Waals surface area contributed by atoms with Crippen LogP contribution < -0.4 is 11.1 Å². The highest BCUT2D eigenvalue weighted by Crippen LogP contribution is 2.29. The van der Waals surface area contributed by atoms with Crippen molar-refractivity contribution in [2.24, 2.45) is 5.73 Å². The molecule has 5 rings (SSSR count). The van der Waals surface area contributed by atoms with Crippen molar-refractivity contribution < 1.29 is 9.18 Å². The van der Waals surface area contributed by atoms with E-state index in [1.165, 1.54) is 6.07 Å². The first-order valence-corrected chi connectivity index (χ1v) is 11.5. The number of nitrogens with zero attached hydrogens (tertiary/aromatic N) is 5. The van der Waals surface area contributed by atoms with Crippen LogP contribution in [0.2, 0.25) is 0 Å². The van der Waals surface area contributed by atoms with Crippen LogP contribution >= 0.6 is 0 Å². The Morgan fingerprint density at radius 1 is 1.14 bits per heavy atom. The summed E-state index contributed by atoms with van der Waals surface area (Å²) in [4.78, 5) is 24.2. The Balaban J connectivity index is 1.41. The molecule has 0 radical (unpaired) electrons. The quantitative estimate of drug-likeness (QED) is 0.447. The number of hydrogen-bond acceptors (Lipinski definition) is 6. The van der Waals surface area contributed by atoms with Gasteiger partial charge in [-0.15, -0.1) is 0 Å². The highest BCUT2D eigenvalue weighted by atomic mass is 19.1. The SMILES string of the molecule is CN(C)Cc1nccn1-c1ccc(C2CC(=O)c3c(ncn3-c3cccc(CN)c3)CN2)c(F)c1. The summed E-state index contributed by atoms with van der Waals surface area (Å²) in [7, 11) is 3.92. The highest BCUT2D eigenvalue weighted by molar-refractivity contribution is 5.97. The van der Waals surface area contributed by atoms with Crippen LogP contribution in [0.15, 0.2) is 61.2 Å². The zero-order valence-corrected chi connectivity index (χ0v) is 19.8. The van der Waals surface area contributed by atoms with E-state index in [0.717, 1.165) is 17.1 Å². The van der Waals surface area contributed by atoms with Crippen molar-refractivity contribution in [3.8, 4) is 11.4 Å². The van der Waals surface area contributed by atoms with Gasteiger partial charge in [0, 0.05) is 54.9 Å². The summed E-state index contributed by atoms with van der Waals surface area (Å²) in [5.74, 6) is 0.370. The molecule has 3 N–H and O–H groups in total. The summed E-state index contributed by atoms with van der Waals surface area (Å²) in [5.41, 5.74) is 9.91. The number of benzene rings is 2. The maximum absolute atomic E-state index is 15.3. The molecule has 0 saturated carbocycles. The van der Waals surface area contributed by atoms with Crippen molar-refractivity contribution in [3.05, 3.63) is 95.3 Å². The van der Waals surface area contributed by atoms with Gasteiger partial charge in [-0.1, -0.05) is 18.2 Å². The van der Waals surface area contributed by atoms with Gasteiger partial charge in [0.2, 0.25) is 0 Å². The molecule has 2 aromatic heterocycles. The van der Waals surface area contributed by atoms with Gasteiger partial charge in [-0.05, 0) is 43.9 Å². The van der Waals surface area contributed by atoms with Gasteiger partial charge >= 0.3 is 0 Å².